The molecule has 2 heterocycles. The zero-order chi connectivity index (χ0) is 19.6. The van der Waals surface area contributed by atoms with Gasteiger partial charge in [-0.25, -0.2) is 8.42 Å². The van der Waals surface area contributed by atoms with Crippen LogP contribution < -0.4 is 4.90 Å². The highest BCUT2D eigenvalue weighted by molar-refractivity contribution is 7.89. The number of fused-ring (bicyclic) bond motifs is 1. The third kappa shape index (κ3) is 4.26. The number of quaternary nitrogens is 1. The quantitative estimate of drug-likeness (QED) is 0.791. The van der Waals surface area contributed by atoms with Gasteiger partial charge in [0.05, 0.1) is 18.0 Å². The first-order chi connectivity index (χ1) is 13.5. The number of nitrogens with one attached hydrogen (secondary N) is 1. The first-order valence-electron chi connectivity index (χ1n) is 10.8. The monoisotopic (exact) mass is 406 g/mol. The fourth-order valence-corrected chi connectivity index (χ4v) is 6.22. The highest BCUT2D eigenvalue weighted by Gasteiger charge is 2.31. The molecule has 154 valence electrons. The Morgan fingerprint density at radius 3 is 2.29 bits per heavy atom. The number of sulfonamides is 1. The summed E-state index contributed by atoms with van der Waals surface area (Å²) in [5.41, 5.74) is 2.48. The fraction of sp³-hybridized carbons (Fsp3) is 0.667. The zero-order valence-electron chi connectivity index (χ0n) is 16.7. The van der Waals surface area contributed by atoms with Gasteiger partial charge in [0.2, 0.25) is 10.0 Å². The van der Waals surface area contributed by atoms with Crippen LogP contribution in [0.3, 0.4) is 0 Å². The van der Waals surface area contributed by atoms with E-state index in [1.54, 1.807) is 10.4 Å². The lowest BCUT2D eigenvalue weighted by Crippen LogP contribution is -3.13. The van der Waals surface area contributed by atoms with Gasteiger partial charge in [-0.3, -0.25) is 4.79 Å². The summed E-state index contributed by atoms with van der Waals surface area (Å²) in [6.07, 6.45) is 8.03. The molecule has 1 amide bonds. The molecule has 0 spiro atoms. The molecule has 1 aromatic rings. The van der Waals surface area contributed by atoms with Gasteiger partial charge in [-0.15, -0.1) is 0 Å². The molecule has 2 aliphatic heterocycles. The van der Waals surface area contributed by atoms with Crippen LogP contribution >= 0.6 is 0 Å². The molecule has 6 nitrogen and oxygen atoms in total. The maximum atomic E-state index is 13.1. The Balaban J connectivity index is 1.36. The summed E-state index contributed by atoms with van der Waals surface area (Å²) < 4.78 is 27.7. The van der Waals surface area contributed by atoms with E-state index in [4.69, 9.17) is 0 Å². The van der Waals surface area contributed by atoms with E-state index in [1.807, 2.05) is 17.0 Å². The van der Waals surface area contributed by atoms with Gasteiger partial charge in [-0.2, -0.15) is 4.31 Å². The maximum Gasteiger partial charge on any atom is 0.277 e. The van der Waals surface area contributed by atoms with Crippen LogP contribution in [0.5, 0.6) is 0 Å². The van der Waals surface area contributed by atoms with Crippen LogP contribution in [0, 0.1) is 0 Å². The Morgan fingerprint density at radius 1 is 0.893 bits per heavy atom. The van der Waals surface area contributed by atoms with Crippen molar-refractivity contribution in [2.45, 2.75) is 49.8 Å². The molecule has 2 saturated heterocycles. The van der Waals surface area contributed by atoms with Crippen molar-refractivity contribution in [3.05, 3.63) is 29.3 Å². The molecule has 1 N–H and O–H groups in total. The molecule has 0 saturated carbocycles. The van der Waals surface area contributed by atoms with Crippen molar-refractivity contribution in [2.24, 2.45) is 0 Å². The zero-order valence-corrected chi connectivity index (χ0v) is 17.5. The number of carbonyl (C=O) groups excluding carboxylic acids is 1. The first-order valence-corrected chi connectivity index (χ1v) is 12.2. The number of hydrogen-bond donors (Lipinski definition) is 1. The molecule has 0 bridgehead atoms. The Bertz CT molecular complexity index is 810. The molecule has 0 atom stereocenters. The molecule has 4 rings (SSSR count). The molecule has 3 aliphatic rings. The first kappa shape index (κ1) is 19.9. The minimum atomic E-state index is -3.48. The van der Waals surface area contributed by atoms with Crippen molar-refractivity contribution in [1.29, 1.82) is 0 Å². The van der Waals surface area contributed by atoms with Crippen molar-refractivity contribution in [2.75, 3.05) is 45.8 Å². The lowest BCUT2D eigenvalue weighted by Gasteiger charge is -2.35. The van der Waals surface area contributed by atoms with Gasteiger partial charge < -0.3 is 9.80 Å². The average molecular weight is 407 g/mol. The SMILES string of the molecule is O=C(C[NH+]1CCCCC1)N1CCN(S(=O)(=O)c2ccc3c(c2)CCCC3)CC1. The summed E-state index contributed by atoms with van der Waals surface area (Å²) in [7, 11) is -3.48. The molecule has 1 aliphatic carbocycles. The van der Waals surface area contributed by atoms with Crippen LogP contribution in [0.15, 0.2) is 23.1 Å². The minimum Gasteiger partial charge on any atom is -0.335 e. The van der Waals surface area contributed by atoms with Crippen LogP contribution in [-0.4, -0.2) is 69.3 Å². The lowest BCUT2D eigenvalue weighted by atomic mass is 9.92. The largest absolute Gasteiger partial charge is 0.335 e. The Morgan fingerprint density at radius 2 is 1.57 bits per heavy atom. The third-order valence-corrected chi connectivity index (χ3v) is 8.41. The normalized spacial score (nSPS) is 22.1. The van der Waals surface area contributed by atoms with Crippen molar-refractivity contribution in [3.8, 4) is 0 Å². The van der Waals surface area contributed by atoms with E-state index in [-0.39, 0.29) is 5.91 Å². The standard InChI is InChI=1S/C21H31N3O3S/c25-21(17-22-10-4-1-5-11-22)23-12-14-24(15-13-23)28(26,27)20-9-8-18-6-2-3-7-19(18)16-20/h8-9,16H,1-7,10-15,17H2/p+1. The highest BCUT2D eigenvalue weighted by atomic mass is 32.2. The van der Waals surface area contributed by atoms with Crippen LogP contribution in [0.25, 0.3) is 0 Å². The van der Waals surface area contributed by atoms with E-state index in [1.165, 1.54) is 41.7 Å². The Labute approximate surface area is 168 Å². The number of hydrogen-bond acceptors (Lipinski definition) is 3. The predicted octanol–water partition coefficient (Wildman–Crippen LogP) is 0.467. The molecule has 1 aromatic carbocycles. The van der Waals surface area contributed by atoms with Gasteiger partial charge in [0.15, 0.2) is 6.54 Å². The number of rotatable bonds is 4. The Kier molecular flexibility index (Phi) is 6.04. The van der Waals surface area contributed by atoms with Gasteiger partial charge in [0, 0.05) is 26.2 Å². The summed E-state index contributed by atoms with van der Waals surface area (Å²) in [6.45, 7) is 4.49. The smallest absolute Gasteiger partial charge is 0.277 e. The number of carbonyl (C=O) groups is 1. The topological polar surface area (TPSA) is 62.1 Å². The molecule has 0 radical (unpaired) electrons. The van der Waals surface area contributed by atoms with Crippen LogP contribution in [-0.2, 0) is 27.7 Å². The van der Waals surface area contributed by atoms with Crippen LogP contribution in [0.1, 0.15) is 43.2 Å². The van der Waals surface area contributed by atoms with E-state index in [0.29, 0.717) is 37.6 Å². The van der Waals surface area contributed by atoms with Gasteiger partial charge in [0.1, 0.15) is 0 Å². The summed E-state index contributed by atoms with van der Waals surface area (Å²) in [4.78, 5) is 16.2. The number of piperazine rings is 1. The number of piperidine rings is 1. The lowest BCUT2D eigenvalue weighted by molar-refractivity contribution is -0.897. The number of aryl methyl sites for hydroxylation is 2. The predicted molar refractivity (Wildman–Crippen MR) is 108 cm³/mol. The number of likely N-dealkylation sites (tertiary alicyclic amines) is 1. The van der Waals surface area contributed by atoms with E-state index < -0.39 is 10.0 Å². The van der Waals surface area contributed by atoms with Gasteiger partial charge >= 0.3 is 0 Å². The molecule has 28 heavy (non-hydrogen) atoms. The maximum absolute atomic E-state index is 13.1. The second-order valence-corrected chi connectivity index (χ2v) is 10.3. The molecular formula is C21H32N3O3S+. The van der Waals surface area contributed by atoms with Crippen molar-refractivity contribution in [1.82, 2.24) is 9.21 Å². The second-order valence-electron chi connectivity index (χ2n) is 8.41. The van der Waals surface area contributed by atoms with Crippen molar-refractivity contribution in [3.63, 3.8) is 0 Å². The van der Waals surface area contributed by atoms with E-state index in [2.05, 4.69) is 0 Å². The summed E-state index contributed by atoms with van der Waals surface area (Å²) in [5.74, 6) is 0.169. The highest BCUT2D eigenvalue weighted by Crippen LogP contribution is 2.26. The minimum absolute atomic E-state index is 0.169. The van der Waals surface area contributed by atoms with Crippen molar-refractivity contribution < 1.29 is 18.1 Å². The second kappa shape index (κ2) is 8.51. The van der Waals surface area contributed by atoms with Gasteiger partial charge in [0.25, 0.3) is 5.91 Å². The van der Waals surface area contributed by atoms with E-state index >= 15 is 0 Å². The number of benzene rings is 1. The summed E-state index contributed by atoms with van der Waals surface area (Å²) in [5, 5.41) is 0. The van der Waals surface area contributed by atoms with Crippen molar-refractivity contribution >= 4 is 15.9 Å². The summed E-state index contributed by atoms with van der Waals surface area (Å²) in [6, 6.07) is 5.63. The molecular weight excluding hydrogens is 374 g/mol. The van der Waals surface area contributed by atoms with E-state index in [0.717, 1.165) is 32.4 Å². The molecule has 2 fully saturated rings. The van der Waals surface area contributed by atoms with E-state index in [9.17, 15) is 13.2 Å². The fourth-order valence-electron chi connectivity index (χ4n) is 4.75. The number of nitrogens with zero attached hydrogens (tertiary/aromatic N) is 2. The molecule has 0 aromatic heterocycles. The number of amides is 1. The van der Waals surface area contributed by atoms with Crippen LogP contribution in [0.2, 0.25) is 0 Å². The van der Waals surface area contributed by atoms with Gasteiger partial charge in [-0.1, -0.05) is 6.07 Å². The van der Waals surface area contributed by atoms with Gasteiger partial charge in [-0.05, 0) is 68.2 Å². The van der Waals surface area contributed by atoms with Crippen LogP contribution in [0.4, 0.5) is 0 Å². The third-order valence-electron chi connectivity index (χ3n) is 6.51. The molecule has 0 unspecified atom stereocenters. The summed E-state index contributed by atoms with van der Waals surface area (Å²) >= 11 is 0. The molecule has 7 heteroatoms. The Hall–Kier alpha value is -1.44. The average Bonchev–Trinajstić information content (AvgIpc) is 2.74.